The highest BCUT2D eigenvalue weighted by molar-refractivity contribution is 6.07. The van der Waals surface area contributed by atoms with Crippen LogP contribution in [0.15, 0.2) is 36.7 Å². The van der Waals surface area contributed by atoms with Crippen molar-refractivity contribution in [2.24, 2.45) is 0 Å². The maximum Gasteiger partial charge on any atom is 0.273 e. The van der Waals surface area contributed by atoms with Crippen LogP contribution in [0.5, 0.6) is 0 Å². The predicted octanol–water partition coefficient (Wildman–Crippen LogP) is 2.57. The van der Waals surface area contributed by atoms with Gasteiger partial charge in [-0.15, -0.1) is 0 Å². The summed E-state index contributed by atoms with van der Waals surface area (Å²) in [5.41, 5.74) is 1.66. The van der Waals surface area contributed by atoms with Gasteiger partial charge in [-0.3, -0.25) is 9.59 Å². The quantitative estimate of drug-likeness (QED) is 0.888. The Hall–Kier alpha value is -2.76. The first-order chi connectivity index (χ1) is 11.0. The average Bonchev–Trinajstić information content (AvgIpc) is 2.55. The molecule has 2 rings (SSSR count). The summed E-state index contributed by atoms with van der Waals surface area (Å²) in [6, 6.07) is 7.16. The first-order valence-electron chi connectivity index (χ1n) is 7.51. The summed E-state index contributed by atoms with van der Waals surface area (Å²) < 4.78 is 0. The molecule has 6 heteroatoms. The Labute approximate surface area is 135 Å². The van der Waals surface area contributed by atoms with Crippen LogP contribution in [0.1, 0.15) is 46.7 Å². The van der Waals surface area contributed by atoms with Crippen LogP contribution in [0.3, 0.4) is 0 Å². The van der Waals surface area contributed by atoms with Gasteiger partial charge in [-0.05, 0) is 32.4 Å². The third-order valence-corrected chi connectivity index (χ3v) is 3.45. The van der Waals surface area contributed by atoms with E-state index < -0.39 is 0 Å². The van der Waals surface area contributed by atoms with E-state index in [0.717, 1.165) is 12.0 Å². The van der Waals surface area contributed by atoms with E-state index in [-0.39, 0.29) is 29.4 Å². The van der Waals surface area contributed by atoms with Crippen LogP contribution in [-0.4, -0.2) is 27.8 Å². The molecule has 1 heterocycles. The van der Waals surface area contributed by atoms with Gasteiger partial charge in [0.15, 0.2) is 11.5 Å². The van der Waals surface area contributed by atoms with Crippen molar-refractivity contribution in [1.29, 1.82) is 0 Å². The Kier molecular flexibility index (Phi) is 5.41. The number of carbonyl (C=O) groups is 2. The Morgan fingerprint density at radius 2 is 1.74 bits per heavy atom. The zero-order valence-electron chi connectivity index (χ0n) is 13.5. The van der Waals surface area contributed by atoms with Gasteiger partial charge in [-0.2, -0.15) is 0 Å². The van der Waals surface area contributed by atoms with Crippen LogP contribution in [0, 0.1) is 6.92 Å². The normalized spacial score (nSPS) is 11.6. The van der Waals surface area contributed by atoms with E-state index in [1.54, 1.807) is 12.1 Å². The molecule has 6 nitrogen and oxygen atoms in total. The predicted molar refractivity (Wildman–Crippen MR) is 88.4 cm³/mol. The molecule has 2 N–H and O–H groups in total. The third kappa shape index (κ3) is 4.35. The van der Waals surface area contributed by atoms with E-state index in [4.69, 9.17) is 0 Å². The molecular formula is C17H20N4O2. The maximum absolute atomic E-state index is 12.3. The van der Waals surface area contributed by atoms with Gasteiger partial charge in [0, 0.05) is 24.0 Å². The molecule has 0 fully saturated rings. The minimum Gasteiger partial charge on any atom is -0.348 e. The Morgan fingerprint density at radius 3 is 2.39 bits per heavy atom. The minimum absolute atomic E-state index is 0.0187. The molecule has 120 valence electrons. The van der Waals surface area contributed by atoms with E-state index in [0.29, 0.717) is 5.56 Å². The number of aryl methyl sites for hydroxylation is 1. The second-order valence-corrected chi connectivity index (χ2v) is 5.36. The van der Waals surface area contributed by atoms with Crippen LogP contribution in [0.25, 0.3) is 0 Å². The molecule has 1 aromatic carbocycles. The summed E-state index contributed by atoms with van der Waals surface area (Å²) >= 11 is 0. The van der Waals surface area contributed by atoms with E-state index >= 15 is 0 Å². The number of aromatic nitrogens is 2. The smallest absolute Gasteiger partial charge is 0.273 e. The van der Waals surface area contributed by atoms with E-state index in [2.05, 4.69) is 20.6 Å². The van der Waals surface area contributed by atoms with Crippen LogP contribution in [0.2, 0.25) is 0 Å². The molecule has 0 aliphatic heterocycles. The van der Waals surface area contributed by atoms with Crippen LogP contribution in [-0.2, 0) is 0 Å². The van der Waals surface area contributed by atoms with Crippen molar-refractivity contribution in [3.05, 3.63) is 53.5 Å². The first kappa shape index (κ1) is 16.6. The van der Waals surface area contributed by atoms with E-state index in [1.807, 2.05) is 32.9 Å². The van der Waals surface area contributed by atoms with Gasteiger partial charge in [0.2, 0.25) is 0 Å². The second kappa shape index (κ2) is 7.49. The van der Waals surface area contributed by atoms with Crippen molar-refractivity contribution >= 4 is 17.6 Å². The van der Waals surface area contributed by atoms with Gasteiger partial charge in [-0.1, -0.05) is 24.6 Å². The van der Waals surface area contributed by atoms with Crippen molar-refractivity contribution in [3.63, 3.8) is 0 Å². The van der Waals surface area contributed by atoms with Gasteiger partial charge in [0.25, 0.3) is 11.8 Å². The van der Waals surface area contributed by atoms with Gasteiger partial charge >= 0.3 is 0 Å². The van der Waals surface area contributed by atoms with Gasteiger partial charge in [0.1, 0.15) is 0 Å². The lowest BCUT2D eigenvalue weighted by Crippen LogP contribution is -2.33. The molecule has 2 amide bonds. The molecule has 0 saturated carbocycles. The largest absolute Gasteiger partial charge is 0.348 e. The molecular weight excluding hydrogens is 292 g/mol. The van der Waals surface area contributed by atoms with E-state index in [1.165, 1.54) is 12.4 Å². The molecule has 0 radical (unpaired) electrons. The Bertz CT molecular complexity index is 698. The first-order valence-corrected chi connectivity index (χ1v) is 7.51. The molecule has 1 aromatic heterocycles. The lowest BCUT2D eigenvalue weighted by atomic mass is 10.1. The lowest BCUT2D eigenvalue weighted by Gasteiger charge is -2.13. The summed E-state index contributed by atoms with van der Waals surface area (Å²) in [5, 5.41) is 5.46. The number of hydrogen-bond donors (Lipinski definition) is 2. The molecule has 23 heavy (non-hydrogen) atoms. The Morgan fingerprint density at radius 1 is 1.09 bits per heavy atom. The highest BCUT2D eigenvalue weighted by atomic mass is 16.2. The minimum atomic E-state index is -0.355. The zero-order valence-corrected chi connectivity index (χ0v) is 13.5. The second-order valence-electron chi connectivity index (χ2n) is 5.36. The fourth-order valence-electron chi connectivity index (χ4n) is 1.87. The molecule has 0 bridgehead atoms. The summed E-state index contributed by atoms with van der Waals surface area (Å²) in [7, 11) is 0. The van der Waals surface area contributed by atoms with Crippen LogP contribution in [0.4, 0.5) is 5.82 Å². The number of amides is 2. The fourth-order valence-corrected chi connectivity index (χ4v) is 1.87. The van der Waals surface area contributed by atoms with Crippen molar-refractivity contribution in [2.75, 3.05) is 5.32 Å². The molecule has 0 saturated heterocycles. The molecule has 1 atom stereocenters. The van der Waals surface area contributed by atoms with Gasteiger partial charge < -0.3 is 10.6 Å². The number of nitrogens with one attached hydrogen (secondary N) is 2. The van der Waals surface area contributed by atoms with Gasteiger partial charge in [0.05, 0.1) is 0 Å². The molecule has 0 unspecified atom stereocenters. The number of nitrogens with zero attached hydrogens (tertiary/aromatic N) is 2. The highest BCUT2D eigenvalue weighted by Crippen LogP contribution is 2.12. The summed E-state index contributed by atoms with van der Waals surface area (Å²) in [6.07, 6.45) is 3.66. The average molecular weight is 312 g/mol. The summed E-state index contributed by atoms with van der Waals surface area (Å²) in [4.78, 5) is 32.6. The topological polar surface area (TPSA) is 84.0 Å². The van der Waals surface area contributed by atoms with Crippen LogP contribution < -0.4 is 10.6 Å². The number of hydrogen-bond acceptors (Lipinski definition) is 4. The molecule has 0 aliphatic rings. The lowest BCUT2D eigenvalue weighted by molar-refractivity contribution is 0.0935. The number of carbonyl (C=O) groups excluding carboxylic acids is 2. The standard InChI is InChI=1S/C17H20N4O2/c1-4-12(3)20-17(23)14-15(19-10-9-18-14)21-16(22)13-7-5-11(2)6-8-13/h5-10,12H,4H2,1-3H3,(H,20,23)(H,19,21,22)/t12-/m0/s1. The Balaban J connectivity index is 2.18. The monoisotopic (exact) mass is 312 g/mol. The van der Waals surface area contributed by atoms with Gasteiger partial charge in [-0.25, -0.2) is 9.97 Å². The van der Waals surface area contributed by atoms with Crippen molar-refractivity contribution in [1.82, 2.24) is 15.3 Å². The summed E-state index contributed by atoms with van der Waals surface area (Å²) in [6.45, 7) is 5.82. The third-order valence-electron chi connectivity index (χ3n) is 3.45. The number of rotatable bonds is 5. The SMILES string of the molecule is CC[C@H](C)NC(=O)c1nccnc1NC(=O)c1ccc(C)cc1. The molecule has 2 aromatic rings. The number of anilines is 1. The molecule has 0 spiro atoms. The fraction of sp³-hybridized carbons (Fsp3) is 0.294. The van der Waals surface area contributed by atoms with Crippen molar-refractivity contribution in [3.8, 4) is 0 Å². The molecule has 0 aliphatic carbocycles. The van der Waals surface area contributed by atoms with E-state index in [9.17, 15) is 9.59 Å². The van der Waals surface area contributed by atoms with Crippen molar-refractivity contribution < 1.29 is 9.59 Å². The zero-order chi connectivity index (χ0) is 16.8. The van der Waals surface area contributed by atoms with Crippen LogP contribution >= 0.6 is 0 Å². The number of benzene rings is 1. The highest BCUT2D eigenvalue weighted by Gasteiger charge is 2.18. The maximum atomic E-state index is 12.3. The summed E-state index contributed by atoms with van der Waals surface area (Å²) in [5.74, 6) is -0.534. The van der Waals surface area contributed by atoms with Crippen molar-refractivity contribution in [2.45, 2.75) is 33.2 Å².